The predicted octanol–water partition coefficient (Wildman–Crippen LogP) is 2.54. The van der Waals surface area contributed by atoms with Crippen LogP contribution in [0.5, 0.6) is 0 Å². The summed E-state index contributed by atoms with van der Waals surface area (Å²) in [6.07, 6.45) is 0.870. The third-order valence-electron chi connectivity index (χ3n) is 2.09. The second-order valence-corrected chi connectivity index (χ2v) is 3.28. The highest BCUT2D eigenvalue weighted by atomic mass is 19.1. The quantitative estimate of drug-likeness (QED) is 0.752. The van der Waals surface area contributed by atoms with Gasteiger partial charge in [0.25, 0.3) is 0 Å². The van der Waals surface area contributed by atoms with E-state index in [9.17, 15) is 4.39 Å². The monoisotopic (exact) mass is 222 g/mol. The molecule has 0 atom stereocenters. The molecule has 0 aliphatic rings. The van der Waals surface area contributed by atoms with Crippen LogP contribution < -0.4 is 5.32 Å². The molecule has 0 unspecified atom stereocenters. The van der Waals surface area contributed by atoms with Crippen LogP contribution in [0.4, 0.5) is 10.1 Å². The minimum Gasteiger partial charge on any atom is -0.385 e. The Labute approximate surface area is 94.8 Å². The summed E-state index contributed by atoms with van der Waals surface area (Å²) in [6.45, 7) is 4.09. The molecule has 1 N–H and O–H groups in total. The van der Waals surface area contributed by atoms with Crippen molar-refractivity contribution in [3.63, 3.8) is 0 Å². The van der Waals surface area contributed by atoms with E-state index in [4.69, 9.17) is 10.00 Å². The number of nitrogens with one attached hydrogen (secondary N) is 1. The molecule has 0 saturated heterocycles. The average molecular weight is 222 g/mol. The smallest absolute Gasteiger partial charge is 0.143 e. The molecule has 1 aromatic carbocycles. The molecular formula is C12H15FN2O. The Balaban J connectivity index is 2.38. The van der Waals surface area contributed by atoms with E-state index in [1.165, 1.54) is 12.1 Å². The summed E-state index contributed by atoms with van der Waals surface area (Å²) in [6, 6.07) is 6.29. The average Bonchev–Trinajstić information content (AvgIpc) is 2.29. The maximum Gasteiger partial charge on any atom is 0.143 e. The van der Waals surface area contributed by atoms with Crippen LogP contribution in [-0.4, -0.2) is 19.8 Å². The number of hydrogen-bond donors (Lipinski definition) is 1. The fourth-order valence-electron chi connectivity index (χ4n) is 1.27. The Bertz CT molecular complexity index is 374. The lowest BCUT2D eigenvalue weighted by Crippen LogP contribution is -2.05. The highest BCUT2D eigenvalue weighted by Crippen LogP contribution is 2.13. The van der Waals surface area contributed by atoms with Gasteiger partial charge in [0.1, 0.15) is 11.9 Å². The number of benzene rings is 1. The topological polar surface area (TPSA) is 45.0 Å². The van der Waals surface area contributed by atoms with E-state index in [1.807, 2.05) is 6.92 Å². The molecule has 0 radical (unpaired) electrons. The SMILES string of the molecule is CCOCCCNc1ccc(C#N)c(F)c1. The number of nitrogens with zero attached hydrogens (tertiary/aromatic N) is 1. The Morgan fingerprint density at radius 3 is 2.94 bits per heavy atom. The lowest BCUT2D eigenvalue weighted by molar-refractivity contribution is 0.147. The minimum atomic E-state index is -0.489. The molecular weight excluding hydrogens is 207 g/mol. The van der Waals surface area contributed by atoms with Crippen molar-refractivity contribution in [3.05, 3.63) is 29.6 Å². The fraction of sp³-hybridized carbons (Fsp3) is 0.417. The van der Waals surface area contributed by atoms with Crippen LogP contribution >= 0.6 is 0 Å². The number of hydrogen-bond acceptors (Lipinski definition) is 3. The first kappa shape index (κ1) is 12.5. The van der Waals surface area contributed by atoms with Gasteiger partial charge in [-0.2, -0.15) is 5.26 Å². The molecule has 0 spiro atoms. The largest absolute Gasteiger partial charge is 0.385 e. The minimum absolute atomic E-state index is 0.0693. The van der Waals surface area contributed by atoms with Gasteiger partial charge in [-0.3, -0.25) is 0 Å². The second-order valence-electron chi connectivity index (χ2n) is 3.28. The van der Waals surface area contributed by atoms with Crippen LogP contribution in [0.2, 0.25) is 0 Å². The Morgan fingerprint density at radius 2 is 2.31 bits per heavy atom. The Morgan fingerprint density at radius 1 is 1.50 bits per heavy atom. The maximum absolute atomic E-state index is 13.2. The van der Waals surface area contributed by atoms with Crippen LogP contribution in [0.1, 0.15) is 18.9 Å². The van der Waals surface area contributed by atoms with Crippen molar-refractivity contribution in [2.24, 2.45) is 0 Å². The molecule has 1 rings (SSSR count). The summed E-state index contributed by atoms with van der Waals surface area (Å²) in [5.74, 6) is -0.489. The van der Waals surface area contributed by atoms with E-state index in [2.05, 4.69) is 5.32 Å². The Hall–Kier alpha value is -1.60. The zero-order chi connectivity index (χ0) is 11.8. The standard InChI is InChI=1S/C12H15FN2O/c1-2-16-7-3-6-15-11-5-4-10(9-14)12(13)8-11/h4-5,8,15H,2-3,6-7H2,1H3. The van der Waals surface area contributed by atoms with Crippen molar-refractivity contribution >= 4 is 5.69 Å². The Kier molecular flexibility index (Phi) is 5.30. The van der Waals surface area contributed by atoms with Crippen LogP contribution in [-0.2, 0) is 4.74 Å². The van der Waals surface area contributed by atoms with Gasteiger partial charge in [0.15, 0.2) is 0 Å². The number of halogens is 1. The van der Waals surface area contributed by atoms with Gasteiger partial charge in [-0.15, -0.1) is 0 Å². The lowest BCUT2D eigenvalue weighted by atomic mass is 10.2. The lowest BCUT2D eigenvalue weighted by Gasteiger charge is -2.06. The number of nitriles is 1. The van der Waals surface area contributed by atoms with E-state index in [1.54, 1.807) is 12.1 Å². The highest BCUT2D eigenvalue weighted by molar-refractivity contribution is 5.47. The molecule has 0 bridgehead atoms. The summed E-state index contributed by atoms with van der Waals surface area (Å²) in [5.41, 5.74) is 0.757. The first-order chi connectivity index (χ1) is 7.77. The molecule has 0 aliphatic heterocycles. The normalized spacial score (nSPS) is 9.81. The summed E-state index contributed by atoms with van der Waals surface area (Å²) < 4.78 is 18.4. The van der Waals surface area contributed by atoms with Gasteiger partial charge in [-0.1, -0.05) is 0 Å². The predicted molar refractivity (Wildman–Crippen MR) is 60.7 cm³/mol. The molecule has 0 fully saturated rings. The molecule has 4 heteroatoms. The molecule has 0 aliphatic carbocycles. The molecule has 16 heavy (non-hydrogen) atoms. The first-order valence-electron chi connectivity index (χ1n) is 5.29. The zero-order valence-corrected chi connectivity index (χ0v) is 9.29. The van der Waals surface area contributed by atoms with Crippen molar-refractivity contribution in [2.45, 2.75) is 13.3 Å². The van der Waals surface area contributed by atoms with E-state index < -0.39 is 5.82 Å². The van der Waals surface area contributed by atoms with E-state index in [-0.39, 0.29) is 5.56 Å². The summed E-state index contributed by atoms with van der Waals surface area (Å²) in [7, 11) is 0. The molecule has 86 valence electrons. The van der Waals surface area contributed by atoms with Crippen molar-refractivity contribution in [2.75, 3.05) is 25.1 Å². The molecule has 0 amide bonds. The summed E-state index contributed by atoms with van der Waals surface area (Å²) in [5, 5.41) is 11.6. The van der Waals surface area contributed by atoms with Gasteiger partial charge in [0, 0.05) is 25.4 Å². The van der Waals surface area contributed by atoms with Gasteiger partial charge >= 0.3 is 0 Å². The van der Waals surface area contributed by atoms with Crippen LogP contribution in [0.3, 0.4) is 0 Å². The van der Waals surface area contributed by atoms with Gasteiger partial charge in [-0.25, -0.2) is 4.39 Å². The summed E-state index contributed by atoms with van der Waals surface area (Å²) >= 11 is 0. The van der Waals surface area contributed by atoms with E-state index in [0.717, 1.165) is 13.0 Å². The van der Waals surface area contributed by atoms with E-state index >= 15 is 0 Å². The second kappa shape index (κ2) is 6.81. The summed E-state index contributed by atoms with van der Waals surface area (Å²) in [4.78, 5) is 0. The van der Waals surface area contributed by atoms with Gasteiger partial charge in [0.05, 0.1) is 5.56 Å². The van der Waals surface area contributed by atoms with Crippen LogP contribution in [0.25, 0.3) is 0 Å². The molecule has 0 saturated carbocycles. The number of anilines is 1. The zero-order valence-electron chi connectivity index (χ0n) is 9.29. The van der Waals surface area contributed by atoms with Crippen LogP contribution in [0.15, 0.2) is 18.2 Å². The van der Waals surface area contributed by atoms with Crippen LogP contribution in [0, 0.1) is 17.1 Å². The van der Waals surface area contributed by atoms with E-state index in [0.29, 0.717) is 18.9 Å². The number of ether oxygens (including phenoxy) is 1. The van der Waals surface area contributed by atoms with Crippen molar-refractivity contribution < 1.29 is 9.13 Å². The van der Waals surface area contributed by atoms with Crippen molar-refractivity contribution in [1.82, 2.24) is 0 Å². The molecule has 0 aromatic heterocycles. The number of rotatable bonds is 6. The van der Waals surface area contributed by atoms with Gasteiger partial charge in [0.2, 0.25) is 0 Å². The third-order valence-corrected chi connectivity index (χ3v) is 2.09. The highest BCUT2D eigenvalue weighted by Gasteiger charge is 2.01. The third kappa shape index (κ3) is 3.87. The van der Waals surface area contributed by atoms with Crippen molar-refractivity contribution in [3.8, 4) is 6.07 Å². The van der Waals surface area contributed by atoms with Crippen molar-refractivity contribution in [1.29, 1.82) is 5.26 Å². The fourth-order valence-corrected chi connectivity index (χ4v) is 1.27. The van der Waals surface area contributed by atoms with Gasteiger partial charge < -0.3 is 10.1 Å². The first-order valence-corrected chi connectivity index (χ1v) is 5.29. The van der Waals surface area contributed by atoms with Gasteiger partial charge in [-0.05, 0) is 31.5 Å². The molecule has 1 aromatic rings. The molecule has 0 heterocycles. The maximum atomic E-state index is 13.2. The molecule has 3 nitrogen and oxygen atoms in total.